The van der Waals surface area contributed by atoms with Crippen molar-refractivity contribution in [2.24, 2.45) is 5.92 Å². The van der Waals surface area contributed by atoms with Crippen molar-refractivity contribution in [1.29, 1.82) is 0 Å². The van der Waals surface area contributed by atoms with E-state index in [9.17, 15) is 0 Å². The Morgan fingerprint density at radius 3 is 2.67 bits per heavy atom. The predicted octanol–water partition coefficient (Wildman–Crippen LogP) is 3.33. The molecule has 1 aromatic rings. The van der Waals surface area contributed by atoms with Crippen molar-refractivity contribution in [3.05, 3.63) is 30.3 Å². The van der Waals surface area contributed by atoms with Gasteiger partial charge in [-0.1, -0.05) is 18.2 Å². The van der Waals surface area contributed by atoms with Gasteiger partial charge in [-0.25, -0.2) is 0 Å². The highest BCUT2D eigenvalue weighted by molar-refractivity contribution is 5.20. The van der Waals surface area contributed by atoms with E-state index in [1.807, 2.05) is 30.3 Å². The van der Waals surface area contributed by atoms with Gasteiger partial charge in [-0.2, -0.15) is 0 Å². The van der Waals surface area contributed by atoms with Crippen molar-refractivity contribution in [1.82, 2.24) is 4.90 Å². The third-order valence-corrected chi connectivity index (χ3v) is 4.42. The zero-order valence-electron chi connectivity index (χ0n) is 11.2. The Bertz CT molecular complexity index is 374. The molecule has 2 atom stereocenters. The number of ether oxygens (including phenoxy) is 1. The largest absolute Gasteiger partial charge is 0.493 e. The topological polar surface area (TPSA) is 12.5 Å². The molecule has 2 aliphatic rings. The Balaban J connectivity index is 1.55. The monoisotopic (exact) mass is 245 g/mol. The molecule has 2 unspecified atom stereocenters. The van der Waals surface area contributed by atoms with Crippen LogP contribution in [-0.2, 0) is 0 Å². The Hall–Kier alpha value is -1.02. The highest BCUT2D eigenvalue weighted by atomic mass is 16.5. The molecule has 1 aliphatic heterocycles. The second-order valence-electron chi connectivity index (χ2n) is 5.74. The van der Waals surface area contributed by atoms with E-state index in [4.69, 9.17) is 4.74 Å². The van der Waals surface area contributed by atoms with E-state index in [0.717, 1.165) is 18.4 Å². The zero-order chi connectivity index (χ0) is 12.4. The summed E-state index contributed by atoms with van der Waals surface area (Å²) in [5, 5.41) is 0. The number of benzene rings is 1. The van der Waals surface area contributed by atoms with Gasteiger partial charge in [0.1, 0.15) is 5.75 Å². The maximum atomic E-state index is 5.94. The molecule has 1 aromatic carbocycles. The molecule has 1 aliphatic carbocycles. The maximum Gasteiger partial charge on any atom is 0.119 e. The van der Waals surface area contributed by atoms with E-state index in [1.54, 1.807) is 0 Å². The van der Waals surface area contributed by atoms with E-state index in [0.29, 0.717) is 12.0 Å². The Morgan fingerprint density at radius 2 is 1.94 bits per heavy atom. The average molecular weight is 245 g/mol. The van der Waals surface area contributed by atoms with Crippen LogP contribution in [0.25, 0.3) is 0 Å². The van der Waals surface area contributed by atoms with Crippen molar-refractivity contribution in [3.8, 4) is 5.75 Å². The first-order chi connectivity index (χ1) is 8.84. The summed E-state index contributed by atoms with van der Waals surface area (Å²) in [6.07, 6.45) is 5.48. The molecule has 1 saturated heterocycles. The first-order valence-corrected chi connectivity index (χ1v) is 7.28. The molecule has 0 N–H and O–H groups in total. The predicted molar refractivity (Wildman–Crippen MR) is 73.9 cm³/mol. The van der Waals surface area contributed by atoms with Crippen LogP contribution in [0.2, 0.25) is 0 Å². The molecule has 1 heterocycles. The lowest BCUT2D eigenvalue weighted by Gasteiger charge is -2.39. The second kappa shape index (κ2) is 5.31. The highest BCUT2D eigenvalue weighted by Crippen LogP contribution is 2.34. The number of hydrogen-bond acceptors (Lipinski definition) is 2. The lowest BCUT2D eigenvalue weighted by Crippen LogP contribution is -2.46. The van der Waals surface area contributed by atoms with Gasteiger partial charge in [0.15, 0.2) is 0 Å². The fourth-order valence-corrected chi connectivity index (χ4v) is 3.12. The van der Waals surface area contributed by atoms with Gasteiger partial charge < -0.3 is 4.74 Å². The summed E-state index contributed by atoms with van der Waals surface area (Å²) in [7, 11) is 0. The standard InChI is InChI=1S/C16H23NO/c1-13-14(6-5-11-17(13)15-9-10-15)12-18-16-7-3-2-4-8-16/h2-4,7-8,13-15H,5-6,9-12H2,1H3. The first kappa shape index (κ1) is 12.0. The molecule has 0 bridgehead atoms. The minimum Gasteiger partial charge on any atom is -0.493 e. The second-order valence-corrected chi connectivity index (χ2v) is 5.74. The summed E-state index contributed by atoms with van der Waals surface area (Å²) in [4.78, 5) is 2.71. The first-order valence-electron chi connectivity index (χ1n) is 7.28. The lowest BCUT2D eigenvalue weighted by molar-refractivity contribution is 0.0671. The molecule has 0 aromatic heterocycles. The van der Waals surface area contributed by atoms with Crippen LogP contribution in [0, 0.1) is 5.92 Å². The Labute approximate surface area is 110 Å². The molecular weight excluding hydrogens is 222 g/mol. The smallest absolute Gasteiger partial charge is 0.119 e. The fraction of sp³-hybridized carbons (Fsp3) is 0.625. The minimum atomic E-state index is 0.690. The molecule has 2 nitrogen and oxygen atoms in total. The summed E-state index contributed by atoms with van der Waals surface area (Å²) in [5.74, 6) is 1.70. The quantitative estimate of drug-likeness (QED) is 0.806. The molecule has 98 valence electrons. The van der Waals surface area contributed by atoms with Gasteiger partial charge >= 0.3 is 0 Å². The molecular formula is C16H23NO. The van der Waals surface area contributed by atoms with E-state index in [-0.39, 0.29) is 0 Å². The summed E-state index contributed by atoms with van der Waals surface area (Å²) in [6, 6.07) is 11.8. The van der Waals surface area contributed by atoms with Gasteiger partial charge in [-0.15, -0.1) is 0 Å². The van der Waals surface area contributed by atoms with Gasteiger partial charge in [0.05, 0.1) is 6.61 Å². The maximum absolute atomic E-state index is 5.94. The third-order valence-electron chi connectivity index (χ3n) is 4.42. The van der Waals surface area contributed by atoms with Crippen LogP contribution >= 0.6 is 0 Å². The van der Waals surface area contributed by atoms with Crippen LogP contribution < -0.4 is 4.74 Å². The summed E-state index contributed by atoms with van der Waals surface area (Å²) >= 11 is 0. The Kier molecular flexibility index (Phi) is 3.55. The van der Waals surface area contributed by atoms with E-state index in [1.165, 1.54) is 32.2 Å². The lowest BCUT2D eigenvalue weighted by atomic mass is 9.91. The molecule has 1 saturated carbocycles. The highest BCUT2D eigenvalue weighted by Gasteiger charge is 2.37. The number of likely N-dealkylation sites (tertiary alicyclic amines) is 1. The molecule has 3 rings (SSSR count). The van der Waals surface area contributed by atoms with Crippen molar-refractivity contribution >= 4 is 0 Å². The zero-order valence-corrected chi connectivity index (χ0v) is 11.2. The number of piperidine rings is 1. The SMILES string of the molecule is CC1C(COc2ccccc2)CCCN1C1CC1. The van der Waals surface area contributed by atoms with Gasteiger partial charge in [-0.05, 0) is 51.3 Å². The summed E-state index contributed by atoms with van der Waals surface area (Å²) in [5.41, 5.74) is 0. The average Bonchev–Trinajstić information content (AvgIpc) is 3.23. The van der Waals surface area contributed by atoms with Crippen LogP contribution in [0.15, 0.2) is 30.3 Å². The third kappa shape index (κ3) is 2.69. The van der Waals surface area contributed by atoms with Crippen molar-refractivity contribution in [2.45, 2.75) is 44.7 Å². The van der Waals surface area contributed by atoms with Crippen LogP contribution in [-0.4, -0.2) is 30.1 Å². The number of nitrogens with zero attached hydrogens (tertiary/aromatic N) is 1. The molecule has 18 heavy (non-hydrogen) atoms. The number of para-hydroxylation sites is 1. The summed E-state index contributed by atoms with van der Waals surface area (Å²) in [6.45, 7) is 4.55. The molecule has 0 radical (unpaired) electrons. The summed E-state index contributed by atoms with van der Waals surface area (Å²) < 4.78 is 5.94. The number of hydrogen-bond donors (Lipinski definition) is 0. The van der Waals surface area contributed by atoms with Crippen LogP contribution in [0.5, 0.6) is 5.75 Å². The van der Waals surface area contributed by atoms with Gasteiger partial charge in [-0.3, -0.25) is 4.90 Å². The number of rotatable bonds is 4. The fourth-order valence-electron chi connectivity index (χ4n) is 3.12. The molecule has 0 spiro atoms. The molecule has 2 fully saturated rings. The van der Waals surface area contributed by atoms with Crippen molar-refractivity contribution < 1.29 is 4.74 Å². The Morgan fingerprint density at radius 1 is 1.17 bits per heavy atom. The van der Waals surface area contributed by atoms with Gasteiger partial charge in [0.25, 0.3) is 0 Å². The van der Waals surface area contributed by atoms with E-state index in [2.05, 4.69) is 11.8 Å². The van der Waals surface area contributed by atoms with Crippen LogP contribution in [0.4, 0.5) is 0 Å². The van der Waals surface area contributed by atoms with Crippen molar-refractivity contribution in [3.63, 3.8) is 0 Å². The van der Waals surface area contributed by atoms with Crippen LogP contribution in [0.3, 0.4) is 0 Å². The van der Waals surface area contributed by atoms with Gasteiger partial charge in [0, 0.05) is 18.0 Å². The van der Waals surface area contributed by atoms with Crippen molar-refractivity contribution in [2.75, 3.05) is 13.2 Å². The minimum absolute atomic E-state index is 0.690. The van der Waals surface area contributed by atoms with E-state index >= 15 is 0 Å². The normalized spacial score (nSPS) is 29.2. The van der Waals surface area contributed by atoms with E-state index < -0.39 is 0 Å². The van der Waals surface area contributed by atoms with Gasteiger partial charge in [0.2, 0.25) is 0 Å². The van der Waals surface area contributed by atoms with Crippen LogP contribution in [0.1, 0.15) is 32.6 Å². The molecule has 2 heteroatoms. The molecule has 0 amide bonds.